The summed E-state index contributed by atoms with van der Waals surface area (Å²) in [6, 6.07) is 19.0. The fourth-order valence-electron chi connectivity index (χ4n) is 4.71. The SMILES string of the molecule is O=C(NC1CCCC1)[C@H](c1ccc2ncccc2c1)N(Cc1cccs1)C(=O)c1ccc(O)cc1. The Morgan fingerprint density at radius 2 is 1.86 bits per heavy atom. The Kier molecular flexibility index (Phi) is 6.77. The van der Waals surface area contributed by atoms with Gasteiger partial charge in [0.1, 0.15) is 11.8 Å². The largest absolute Gasteiger partial charge is 0.508 e. The average Bonchev–Trinajstić information content (AvgIpc) is 3.58. The zero-order valence-corrected chi connectivity index (χ0v) is 20.1. The molecule has 35 heavy (non-hydrogen) atoms. The van der Waals surface area contributed by atoms with Gasteiger partial charge in [0, 0.05) is 28.1 Å². The van der Waals surface area contributed by atoms with Gasteiger partial charge in [0.15, 0.2) is 0 Å². The molecule has 2 heterocycles. The fraction of sp³-hybridized carbons (Fsp3) is 0.250. The maximum Gasteiger partial charge on any atom is 0.255 e. The number of phenols is 1. The number of nitrogens with zero attached hydrogens (tertiary/aromatic N) is 2. The summed E-state index contributed by atoms with van der Waals surface area (Å²) in [5.41, 5.74) is 1.99. The van der Waals surface area contributed by atoms with E-state index in [9.17, 15) is 14.7 Å². The molecule has 1 saturated carbocycles. The third-order valence-electron chi connectivity index (χ3n) is 6.49. The lowest BCUT2D eigenvalue weighted by Gasteiger charge is -2.32. The summed E-state index contributed by atoms with van der Waals surface area (Å²) in [6.07, 6.45) is 5.85. The average molecular weight is 486 g/mol. The van der Waals surface area contributed by atoms with E-state index in [1.165, 1.54) is 12.1 Å². The van der Waals surface area contributed by atoms with E-state index in [0.717, 1.165) is 47.0 Å². The quantitative estimate of drug-likeness (QED) is 0.365. The molecule has 1 aliphatic rings. The van der Waals surface area contributed by atoms with E-state index >= 15 is 0 Å². The van der Waals surface area contributed by atoms with Crippen molar-refractivity contribution in [2.45, 2.75) is 44.3 Å². The van der Waals surface area contributed by atoms with E-state index in [1.807, 2.05) is 47.8 Å². The Hall–Kier alpha value is -3.71. The number of thiophene rings is 1. The third kappa shape index (κ3) is 5.20. The molecule has 1 atom stereocenters. The van der Waals surface area contributed by atoms with E-state index in [2.05, 4.69) is 10.3 Å². The van der Waals surface area contributed by atoms with E-state index in [1.54, 1.807) is 34.6 Å². The smallest absolute Gasteiger partial charge is 0.255 e. The summed E-state index contributed by atoms with van der Waals surface area (Å²) in [5, 5.41) is 15.8. The molecule has 0 radical (unpaired) electrons. The number of hydrogen-bond acceptors (Lipinski definition) is 5. The molecule has 4 aromatic rings. The molecule has 0 bridgehead atoms. The number of rotatable bonds is 7. The van der Waals surface area contributed by atoms with Crippen molar-refractivity contribution in [1.82, 2.24) is 15.2 Å². The number of carbonyl (C=O) groups excluding carboxylic acids is 2. The highest BCUT2D eigenvalue weighted by Gasteiger charge is 2.34. The van der Waals surface area contributed by atoms with Crippen LogP contribution in [0.4, 0.5) is 0 Å². The van der Waals surface area contributed by atoms with Gasteiger partial charge in [-0.05, 0) is 72.3 Å². The van der Waals surface area contributed by atoms with Crippen LogP contribution in [0.1, 0.15) is 52.5 Å². The molecule has 6 nitrogen and oxygen atoms in total. The standard InChI is InChI=1S/C28H27N3O3S/c32-23-12-9-19(10-13-23)28(34)31(18-24-8-4-16-35-24)26(27(33)30-22-6-1-2-7-22)21-11-14-25-20(17-21)5-3-15-29-25/h3-5,8-17,22,26,32H,1-2,6-7,18H2,(H,30,33)/t26-/m0/s1. The highest BCUT2D eigenvalue weighted by Crippen LogP contribution is 2.30. The van der Waals surface area contributed by atoms with Crippen molar-refractivity contribution < 1.29 is 14.7 Å². The van der Waals surface area contributed by atoms with E-state index < -0.39 is 6.04 Å². The summed E-state index contributed by atoms with van der Waals surface area (Å²) in [7, 11) is 0. The molecule has 2 aromatic carbocycles. The lowest BCUT2D eigenvalue weighted by molar-refractivity contribution is -0.126. The number of hydrogen-bond donors (Lipinski definition) is 2. The number of pyridine rings is 1. The first-order chi connectivity index (χ1) is 17.1. The number of nitrogens with one attached hydrogen (secondary N) is 1. The van der Waals surface area contributed by atoms with E-state index in [4.69, 9.17) is 0 Å². The van der Waals surface area contributed by atoms with Crippen LogP contribution < -0.4 is 5.32 Å². The summed E-state index contributed by atoms with van der Waals surface area (Å²) in [6.45, 7) is 0.297. The highest BCUT2D eigenvalue weighted by atomic mass is 32.1. The lowest BCUT2D eigenvalue weighted by atomic mass is 10.00. The summed E-state index contributed by atoms with van der Waals surface area (Å²) in [5.74, 6) is -0.357. The van der Waals surface area contributed by atoms with Gasteiger partial charge in [-0.1, -0.05) is 31.0 Å². The van der Waals surface area contributed by atoms with Gasteiger partial charge in [-0.3, -0.25) is 14.6 Å². The Balaban J connectivity index is 1.58. The third-order valence-corrected chi connectivity index (χ3v) is 7.35. The molecule has 2 amide bonds. The second kappa shape index (κ2) is 10.3. The van der Waals surface area contributed by atoms with Gasteiger partial charge in [-0.25, -0.2) is 0 Å². The Morgan fingerprint density at radius 3 is 2.60 bits per heavy atom. The van der Waals surface area contributed by atoms with Gasteiger partial charge in [0.25, 0.3) is 5.91 Å². The minimum Gasteiger partial charge on any atom is -0.508 e. The van der Waals surface area contributed by atoms with Crippen molar-refractivity contribution in [1.29, 1.82) is 0 Å². The summed E-state index contributed by atoms with van der Waals surface area (Å²) < 4.78 is 0. The number of phenolic OH excluding ortho intramolecular Hbond substituents is 1. The van der Waals surface area contributed by atoms with Crippen LogP contribution in [0.25, 0.3) is 10.9 Å². The first-order valence-electron chi connectivity index (χ1n) is 11.9. The van der Waals surface area contributed by atoms with Crippen LogP contribution in [-0.4, -0.2) is 32.8 Å². The van der Waals surface area contributed by atoms with Crippen molar-refractivity contribution in [2.75, 3.05) is 0 Å². The Labute approximate surface area is 208 Å². The van der Waals surface area contributed by atoms with Crippen molar-refractivity contribution in [3.8, 4) is 5.75 Å². The van der Waals surface area contributed by atoms with Gasteiger partial charge in [0.2, 0.25) is 5.91 Å². The molecule has 0 spiro atoms. The predicted octanol–water partition coefficient (Wildman–Crippen LogP) is 5.44. The maximum atomic E-state index is 13.9. The molecule has 7 heteroatoms. The second-order valence-corrected chi connectivity index (χ2v) is 9.94. The number of benzene rings is 2. The Bertz CT molecular complexity index is 1320. The van der Waals surface area contributed by atoms with E-state index in [0.29, 0.717) is 12.1 Å². The monoisotopic (exact) mass is 485 g/mol. The number of amides is 2. The van der Waals surface area contributed by atoms with Crippen molar-refractivity contribution in [3.05, 3.63) is 94.3 Å². The zero-order chi connectivity index (χ0) is 24.2. The van der Waals surface area contributed by atoms with Crippen LogP contribution >= 0.6 is 11.3 Å². The molecule has 0 saturated heterocycles. The molecule has 0 unspecified atom stereocenters. The molecular weight excluding hydrogens is 458 g/mol. The van der Waals surface area contributed by atoms with Crippen LogP contribution in [0.15, 0.2) is 78.3 Å². The van der Waals surface area contributed by atoms with Gasteiger partial charge < -0.3 is 15.3 Å². The molecule has 0 aliphatic heterocycles. The molecule has 1 fully saturated rings. The zero-order valence-electron chi connectivity index (χ0n) is 19.3. The normalized spacial score (nSPS) is 14.6. The highest BCUT2D eigenvalue weighted by molar-refractivity contribution is 7.09. The first-order valence-corrected chi connectivity index (χ1v) is 12.7. The second-order valence-electron chi connectivity index (χ2n) is 8.91. The molecule has 5 rings (SSSR count). The molecule has 2 aromatic heterocycles. The van der Waals surface area contributed by atoms with Gasteiger partial charge >= 0.3 is 0 Å². The van der Waals surface area contributed by atoms with Gasteiger partial charge in [-0.15, -0.1) is 11.3 Å². The van der Waals surface area contributed by atoms with Crippen LogP contribution in [0.5, 0.6) is 5.75 Å². The molecule has 178 valence electrons. The number of fused-ring (bicyclic) bond motifs is 1. The minimum absolute atomic E-state index is 0.0870. The molecule has 2 N–H and O–H groups in total. The summed E-state index contributed by atoms with van der Waals surface area (Å²) >= 11 is 1.55. The van der Waals surface area contributed by atoms with Crippen LogP contribution in [0, 0.1) is 0 Å². The van der Waals surface area contributed by atoms with Crippen molar-refractivity contribution in [2.24, 2.45) is 0 Å². The van der Waals surface area contributed by atoms with Crippen molar-refractivity contribution in [3.63, 3.8) is 0 Å². The van der Waals surface area contributed by atoms with Gasteiger partial charge in [-0.2, -0.15) is 0 Å². The maximum absolute atomic E-state index is 13.9. The molecular formula is C28H27N3O3S. The number of aromatic nitrogens is 1. The van der Waals surface area contributed by atoms with Crippen LogP contribution in [-0.2, 0) is 11.3 Å². The first kappa shape index (κ1) is 23.1. The summed E-state index contributed by atoms with van der Waals surface area (Å²) in [4.78, 5) is 34.7. The lowest BCUT2D eigenvalue weighted by Crippen LogP contribution is -2.45. The minimum atomic E-state index is -0.816. The van der Waals surface area contributed by atoms with Crippen molar-refractivity contribution >= 4 is 34.1 Å². The van der Waals surface area contributed by atoms with Crippen LogP contribution in [0.3, 0.4) is 0 Å². The topological polar surface area (TPSA) is 82.5 Å². The van der Waals surface area contributed by atoms with Gasteiger partial charge in [0.05, 0.1) is 12.1 Å². The van der Waals surface area contributed by atoms with E-state index in [-0.39, 0.29) is 23.6 Å². The fourth-order valence-corrected chi connectivity index (χ4v) is 5.41. The number of carbonyl (C=O) groups is 2. The molecule has 1 aliphatic carbocycles. The number of aromatic hydroxyl groups is 1. The van der Waals surface area contributed by atoms with Crippen LogP contribution in [0.2, 0.25) is 0 Å². The Morgan fingerprint density at radius 1 is 1.06 bits per heavy atom. The predicted molar refractivity (Wildman–Crippen MR) is 137 cm³/mol.